The summed E-state index contributed by atoms with van der Waals surface area (Å²) in [5.74, 6) is 2.08. The molecule has 3 rings (SSSR count). The molecule has 0 saturated heterocycles. The summed E-state index contributed by atoms with van der Waals surface area (Å²) < 4.78 is 0.901. The Morgan fingerprint density at radius 2 is 2.06 bits per heavy atom. The molecule has 1 aromatic heterocycles. The molecule has 0 aliphatic heterocycles. The Morgan fingerprint density at radius 1 is 1.22 bits per heavy atom. The average Bonchev–Trinajstić information content (AvgIpc) is 3.12. The van der Waals surface area contributed by atoms with Gasteiger partial charge >= 0.3 is 0 Å². The molecule has 1 aromatic rings. The number of nitrogens with one attached hydrogen (secondary N) is 1. The predicted octanol–water partition coefficient (Wildman–Crippen LogP) is 5.02. The zero-order valence-electron chi connectivity index (χ0n) is 11.0. The Balaban J connectivity index is 1.55. The Morgan fingerprint density at radius 3 is 2.72 bits per heavy atom. The van der Waals surface area contributed by atoms with E-state index in [9.17, 15) is 0 Å². The van der Waals surface area contributed by atoms with Crippen LogP contribution in [0.4, 0.5) is 0 Å². The third-order valence-electron chi connectivity index (χ3n) is 4.51. The second-order valence-electron chi connectivity index (χ2n) is 5.99. The maximum atomic E-state index is 6.01. The van der Waals surface area contributed by atoms with Crippen LogP contribution in [0.15, 0.2) is 12.1 Å². The molecule has 18 heavy (non-hydrogen) atoms. The van der Waals surface area contributed by atoms with Crippen molar-refractivity contribution in [2.45, 2.75) is 57.5 Å². The van der Waals surface area contributed by atoms with Gasteiger partial charge in [-0.05, 0) is 56.6 Å². The maximum Gasteiger partial charge on any atom is 0.0931 e. The van der Waals surface area contributed by atoms with Gasteiger partial charge in [0.1, 0.15) is 0 Å². The van der Waals surface area contributed by atoms with Crippen LogP contribution in [0.25, 0.3) is 0 Å². The molecular weight excluding hydrogens is 262 g/mol. The molecule has 0 aromatic carbocycles. The monoisotopic (exact) mass is 283 g/mol. The van der Waals surface area contributed by atoms with Crippen LogP contribution in [0.2, 0.25) is 4.34 Å². The van der Waals surface area contributed by atoms with Crippen LogP contribution >= 0.6 is 22.9 Å². The molecule has 1 nitrogen and oxygen atoms in total. The molecule has 1 heterocycles. The Bertz CT molecular complexity index is 399. The highest BCUT2D eigenvalue weighted by Gasteiger charge is 2.34. The highest BCUT2D eigenvalue weighted by molar-refractivity contribution is 7.16. The molecule has 0 amide bonds. The number of rotatable bonds is 4. The number of thiophene rings is 1. The lowest BCUT2D eigenvalue weighted by Crippen LogP contribution is -2.36. The molecule has 3 unspecified atom stereocenters. The van der Waals surface area contributed by atoms with Crippen LogP contribution in [0.5, 0.6) is 0 Å². The summed E-state index contributed by atoms with van der Waals surface area (Å²) in [6.45, 7) is 2.27. The second kappa shape index (κ2) is 5.52. The van der Waals surface area contributed by atoms with Crippen LogP contribution in [0.1, 0.15) is 56.4 Å². The summed E-state index contributed by atoms with van der Waals surface area (Å²) in [6, 6.07) is 5.34. The molecule has 1 N–H and O–H groups in total. The highest BCUT2D eigenvalue weighted by atomic mass is 35.5. The van der Waals surface area contributed by atoms with Gasteiger partial charge in [0, 0.05) is 17.0 Å². The fraction of sp³-hybridized carbons (Fsp3) is 0.733. The van der Waals surface area contributed by atoms with E-state index < -0.39 is 0 Å². The fourth-order valence-electron chi connectivity index (χ4n) is 3.37. The topological polar surface area (TPSA) is 12.0 Å². The Hall–Kier alpha value is -0.0500. The molecule has 0 bridgehead atoms. The van der Waals surface area contributed by atoms with Crippen molar-refractivity contribution >= 4 is 22.9 Å². The first-order chi connectivity index (χ1) is 8.72. The van der Waals surface area contributed by atoms with Crippen molar-refractivity contribution in [3.63, 3.8) is 0 Å². The van der Waals surface area contributed by atoms with Crippen molar-refractivity contribution in [1.29, 1.82) is 0 Å². The number of halogens is 1. The van der Waals surface area contributed by atoms with E-state index in [0.717, 1.165) is 22.2 Å². The molecule has 0 radical (unpaired) electrons. The minimum absolute atomic E-state index is 0.449. The van der Waals surface area contributed by atoms with Gasteiger partial charge in [0.05, 0.1) is 4.34 Å². The third kappa shape index (κ3) is 3.09. The first-order valence-electron chi connectivity index (χ1n) is 7.23. The lowest BCUT2D eigenvalue weighted by atomic mass is 9.82. The van der Waals surface area contributed by atoms with Crippen molar-refractivity contribution in [3.05, 3.63) is 21.3 Å². The first-order valence-corrected chi connectivity index (χ1v) is 8.43. The van der Waals surface area contributed by atoms with Gasteiger partial charge in [0.15, 0.2) is 0 Å². The first kappa shape index (κ1) is 13.0. The van der Waals surface area contributed by atoms with E-state index >= 15 is 0 Å². The van der Waals surface area contributed by atoms with E-state index in [2.05, 4.69) is 18.3 Å². The number of hydrogen-bond donors (Lipinski definition) is 1. The molecule has 2 aliphatic rings. The molecule has 2 aliphatic carbocycles. The van der Waals surface area contributed by atoms with E-state index in [1.807, 2.05) is 6.07 Å². The summed E-state index contributed by atoms with van der Waals surface area (Å²) in [5, 5.41) is 3.81. The van der Waals surface area contributed by atoms with Gasteiger partial charge in [0.25, 0.3) is 0 Å². The third-order valence-corrected chi connectivity index (χ3v) is 5.92. The van der Waals surface area contributed by atoms with Crippen molar-refractivity contribution in [2.24, 2.45) is 11.8 Å². The van der Waals surface area contributed by atoms with Crippen molar-refractivity contribution in [3.8, 4) is 0 Å². The lowest BCUT2D eigenvalue weighted by molar-refractivity contribution is 0.250. The Kier molecular flexibility index (Phi) is 3.97. The lowest BCUT2D eigenvalue weighted by Gasteiger charge is -2.31. The largest absolute Gasteiger partial charge is 0.307 e. The van der Waals surface area contributed by atoms with Crippen molar-refractivity contribution < 1.29 is 0 Å². The average molecular weight is 284 g/mol. The van der Waals surface area contributed by atoms with Gasteiger partial charge < -0.3 is 5.32 Å². The van der Waals surface area contributed by atoms with Gasteiger partial charge in [-0.15, -0.1) is 11.3 Å². The van der Waals surface area contributed by atoms with Crippen LogP contribution < -0.4 is 5.32 Å². The second-order valence-corrected chi connectivity index (χ2v) is 7.74. The normalized spacial score (nSPS) is 30.3. The van der Waals surface area contributed by atoms with E-state index in [-0.39, 0.29) is 0 Å². The summed E-state index contributed by atoms with van der Waals surface area (Å²) in [5.41, 5.74) is 0. The minimum atomic E-state index is 0.449. The highest BCUT2D eigenvalue weighted by Crippen LogP contribution is 2.44. The van der Waals surface area contributed by atoms with E-state index in [1.54, 1.807) is 11.3 Å². The molecular formula is C15H22ClNS. The quantitative estimate of drug-likeness (QED) is 0.818. The van der Waals surface area contributed by atoms with Gasteiger partial charge in [-0.2, -0.15) is 0 Å². The van der Waals surface area contributed by atoms with Gasteiger partial charge in [0.2, 0.25) is 0 Å². The summed E-state index contributed by atoms with van der Waals surface area (Å²) >= 11 is 7.72. The SMILES string of the molecule is CC(NC1CCCC(C2CC2)C1)c1ccc(Cl)s1. The number of hydrogen-bond acceptors (Lipinski definition) is 2. The molecule has 0 spiro atoms. The van der Waals surface area contributed by atoms with E-state index in [1.165, 1.54) is 43.4 Å². The maximum absolute atomic E-state index is 6.01. The Labute approximate surface area is 119 Å². The van der Waals surface area contributed by atoms with Crippen LogP contribution in [0, 0.1) is 11.8 Å². The smallest absolute Gasteiger partial charge is 0.0931 e. The van der Waals surface area contributed by atoms with Crippen molar-refractivity contribution in [1.82, 2.24) is 5.32 Å². The zero-order valence-corrected chi connectivity index (χ0v) is 12.6. The standard InChI is InChI=1S/C15H22ClNS/c1-10(14-7-8-15(16)18-14)17-13-4-2-3-12(9-13)11-5-6-11/h7-8,10-13,17H,2-6,9H2,1H3. The van der Waals surface area contributed by atoms with E-state index in [4.69, 9.17) is 11.6 Å². The molecule has 2 fully saturated rings. The van der Waals surface area contributed by atoms with Crippen molar-refractivity contribution in [2.75, 3.05) is 0 Å². The molecule has 100 valence electrons. The predicted molar refractivity (Wildman–Crippen MR) is 79.3 cm³/mol. The summed E-state index contributed by atoms with van der Waals surface area (Å²) in [6.07, 6.45) is 8.63. The fourth-order valence-corrected chi connectivity index (χ4v) is 4.44. The summed E-state index contributed by atoms with van der Waals surface area (Å²) in [4.78, 5) is 1.37. The summed E-state index contributed by atoms with van der Waals surface area (Å²) in [7, 11) is 0. The van der Waals surface area contributed by atoms with E-state index in [0.29, 0.717) is 6.04 Å². The van der Waals surface area contributed by atoms with Gasteiger partial charge in [-0.25, -0.2) is 0 Å². The van der Waals surface area contributed by atoms with Gasteiger partial charge in [-0.1, -0.05) is 24.4 Å². The molecule has 2 saturated carbocycles. The minimum Gasteiger partial charge on any atom is -0.307 e. The van der Waals surface area contributed by atoms with Crippen LogP contribution in [-0.2, 0) is 0 Å². The molecule has 3 heteroatoms. The zero-order chi connectivity index (χ0) is 12.5. The van der Waals surface area contributed by atoms with Crippen LogP contribution in [0.3, 0.4) is 0 Å². The molecule has 3 atom stereocenters. The van der Waals surface area contributed by atoms with Crippen LogP contribution in [-0.4, -0.2) is 6.04 Å². The van der Waals surface area contributed by atoms with Gasteiger partial charge in [-0.3, -0.25) is 0 Å².